The third-order valence-electron chi connectivity index (χ3n) is 3.51. The van der Waals surface area contributed by atoms with Gasteiger partial charge in [-0.3, -0.25) is 0 Å². The summed E-state index contributed by atoms with van der Waals surface area (Å²) in [7, 11) is 1.91. The molecule has 2 aromatic carbocycles. The zero-order chi connectivity index (χ0) is 16.8. The number of benzene rings is 2. The Balaban J connectivity index is 2.29. The predicted octanol–water partition coefficient (Wildman–Crippen LogP) is 5.10. The van der Waals surface area contributed by atoms with E-state index in [1.54, 1.807) is 11.8 Å². The molecule has 0 aromatic heterocycles. The lowest BCUT2D eigenvalue weighted by molar-refractivity contribution is 1.13. The van der Waals surface area contributed by atoms with Crippen molar-refractivity contribution < 1.29 is 0 Å². The fraction of sp³-hybridized carbons (Fsp3) is 0.278. The van der Waals surface area contributed by atoms with Gasteiger partial charge in [-0.1, -0.05) is 37.6 Å². The van der Waals surface area contributed by atoms with Crippen LogP contribution in [0.4, 0.5) is 11.4 Å². The molecule has 3 nitrogen and oxygen atoms in total. The topological polar surface area (TPSA) is 41.6 Å². The lowest BCUT2D eigenvalue weighted by atomic mass is 10.1. The van der Waals surface area contributed by atoms with Crippen LogP contribution in [0.1, 0.15) is 19.4 Å². The van der Waals surface area contributed by atoms with Gasteiger partial charge in [-0.25, -0.2) is 4.99 Å². The molecule has 122 valence electrons. The molecule has 0 amide bonds. The van der Waals surface area contributed by atoms with Crippen LogP contribution >= 0.6 is 23.4 Å². The van der Waals surface area contributed by atoms with Crippen molar-refractivity contribution in [1.82, 2.24) is 0 Å². The molecule has 0 aliphatic carbocycles. The maximum Gasteiger partial charge on any atom is 0.200 e. The zero-order valence-electron chi connectivity index (χ0n) is 13.7. The van der Waals surface area contributed by atoms with E-state index in [1.165, 1.54) is 5.56 Å². The van der Waals surface area contributed by atoms with Crippen LogP contribution in [0.5, 0.6) is 0 Å². The predicted molar refractivity (Wildman–Crippen MR) is 103 cm³/mol. The van der Waals surface area contributed by atoms with Crippen molar-refractivity contribution in [2.75, 3.05) is 17.7 Å². The van der Waals surface area contributed by atoms with Crippen molar-refractivity contribution in [2.24, 2.45) is 10.7 Å². The van der Waals surface area contributed by atoms with Gasteiger partial charge in [0.2, 0.25) is 5.96 Å². The number of aliphatic imine (C=N–C) groups is 1. The van der Waals surface area contributed by atoms with Crippen LogP contribution in [0, 0.1) is 0 Å². The van der Waals surface area contributed by atoms with Crippen molar-refractivity contribution in [3.8, 4) is 0 Å². The second-order valence-corrected chi connectivity index (χ2v) is 6.84. The Morgan fingerprint density at radius 3 is 2.70 bits per heavy atom. The van der Waals surface area contributed by atoms with E-state index >= 15 is 0 Å². The molecular weight excluding hydrogens is 326 g/mol. The minimum Gasteiger partial charge on any atom is -0.369 e. The molecule has 0 heterocycles. The van der Waals surface area contributed by atoms with Crippen molar-refractivity contribution in [1.29, 1.82) is 0 Å². The summed E-state index contributed by atoms with van der Waals surface area (Å²) in [6, 6.07) is 14.1. The highest BCUT2D eigenvalue weighted by Crippen LogP contribution is 2.30. The number of hydrogen-bond acceptors (Lipinski definition) is 2. The molecule has 5 heteroatoms. The minimum absolute atomic E-state index is 0.416. The van der Waals surface area contributed by atoms with E-state index in [-0.39, 0.29) is 0 Å². The highest BCUT2D eigenvalue weighted by atomic mass is 35.5. The number of halogens is 1. The Morgan fingerprint density at radius 1 is 1.22 bits per heavy atom. The van der Waals surface area contributed by atoms with Gasteiger partial charge in [-0.15, -0.1) is 11.8 Å². The molecule has 0 bridgehead atoms. The Bertz CT molecular complexity index is 700. The van der Waals surface area contributed by atoms with Crippen LogP contribution in [0.2, 0.25) is 5.02 Å². The third-order valence-corrected chi connectivity index (χ3v) is 4.71. The molecule has 0 saturated heterocycles. The van der Waals surface area contributed by atoms with E-state index < -0.39 is 0 Å². The van der Waals surface area contributed by atoms with Gasteiger partial charge in [0.25, 0.3) is 0 Å². The molecule has 0 spiro atoms. The number of thioether (sulfide) groups is 1. The molecule has 0 aliphatic heterocycles. The van der Waals surface area contributed by atoms with E-state index in [1.807, 2.05) is 42.3 Å². The van der Waals surface area contributed by atoms with Gasteiger partial charge in [0.1, 0.15) is 0 Å². The summed E-state index contributed by atoms with van der Waals surface area (Å²) in [4.78, 5) is 7.52. The number of guanidine groups is 1. The number of nitrogens with two attached hydrogens (primary N) is 1. The largest absolute Gasteiger partial charge is 0.369 e. The highest BCUT2D eigenvalue weighted by Gasteiger charge is 2.08. The second kappa shape index (κ2) is 8.27. The number of rotatable bonds is 5. The normalized spacial score (nSPS) is 11.6. The lowest BCUT2D eigenvalue weighted by Crippen LogP contribution is -2.33. The molecule has 0 radical (unpaired) electrons. The molecule has 2 aromatic rings. The first-order valence-corrected chi connectivity index (χ1v) is 9.00. The summed E-state index contributed by atoms with van der Waals surface area (Å²) in [5.41, 5.74) is 9.15. The quantitative estimate of drug-likeness (QED) is 0.465. The molecule has 2 rings (SSSR count). The maximum atomic E-state index is 6.25. The summed E-state index contributed by atoms with van der Waals surface area (Å²) < 4.78 is 0. The first-order chi connectivity index (χ1) is 11.0. The average molecular weight is 348 g/mol. The van der Waals surface area contributed by atoms with Crippen LogP contribution in [-0.4, -0.2) is 18.8 Å². The van der Waals surface area contributed by atoms with Crippen LogP contribution in [0.3, 0.4) is 0 Å². The van der Waals surface area contributed by atoms with Gasteiger partial charge in [-0.05, 0) is 48.1 Å². The molecule has 23 heavy (non-hydrogen) atoms. The molecule has 0 fully saturated rings. The van der Waals surface area contributed by atoms with Gasteiger partial charge in [0.15, 0.2) is 0 Å². The molecule has 0 saturated carbocycles. The van der Waals surface area contributed by atoms with Gasteiger partial charge in [0.05, 0.1) is 10.7 Å². The molecule has 0 unspecified atom stereocenters. The SMILES string of the molecule is CCSc1ccc(Cl)c(N=C(N)N(C)c2cccc(CC)c2)c1. The van der Waals surface area contributed by atoms with Crippen LogP contribution < -0.4 is 10.6 Å². The summed E-state index contributed by atoms with van der Waals surface area (Å²) in [5, 5.41) is 0.601. The fourth-order valence-corrected chi connectivity index (χ4v) is 3.00. The number of aryl methyl sites for hydroxylation is 1. The van der Waals surface area contributed by atoms with E-state index in [0.29, 0.717) is 16.7 Å². The Hall–Kier alpha value is -1.65. The van der Waals surface area contributed by atoms with Crippen LogP contribution in [0.25, 0.3) is 0 Å². The van der Waals surface area contributed by atoms with Crippen molar-refractivity contribution in [3.05, 3.63) is 53.1 Å². The molecule has 0 atom stereocenters. The Morgan fingerprint density at radius 2 is 2.00 bits per heavy atom. The summed E-state index contributed by atoms with van der Waals surface area (Å²) in [6.45, 7) is 4.25. The van der Waals surface area contributed by atoms with E-state index in [0.717, 1.165) is 22.8 Å². The monoisotopic (exact) mass is 347 g/mol. The molecule has 0 aliphatic rings. The first-order valence-electron chi connectivity index (χ1n) is 7.64. The maximum absolute atomic E-state index is 6.25. The van der Waals surface area contributed by atoms with Gasteiger partial charge in [-0.2, -0.15) is 0 Å². The third kappa shape index (κ3) is 4.66. The van der Waals surface area contributed by atoms with Gasteiger partial charge < -0.3 is 10.6 Å². The summed E-state index contributed by atoms with van der Waals surface area (Å²) in [5.74, 6) is 1.42. The second-order valence-electron chi connectivity index (χ2n) is 5.10. The Labute approximate surface area is 147 Å². The Kier molecular flexibility index (Phi) is 6.37. The van der Waals surface area contributed by atoms with E-state index in [2.05, 4.69) is 31.0 Å². The van der Waals surface area contributed by atoms with Gasteiger partial charge >= 0.3 is 0 Å². The minimum atomic E-state index is 0.416. The van der Waals surface area contributed by atoms with E-state index in [4.69, 9.17) is 17.3 Å². The number of hydrogen-bond donors (Lipinski definition) is 1. The lowest BCUT2D eigenvalue weighted by Gasteiger charge is -2.19. The standard InChI is InChI=1S/C18H22ClN3S/c1-4-13-7-6-8-14(11-13)22(3)18(20)21-17-12-15(23-5-2)9-10-16(17)19/h6-12H,4-5H2,1-3H3,(H2,20,21). The summed E-state index contributed by atoms with van der Waals surface area (Å²) in [6.07, 6.45) is 0.987. The first kappa shape index (κ1) is 17.7. The smallest absolute Gasteiger partial charge is 0.200 e. The van der Waals surface area contributed by atoms with Crippen molar-refractivity contribution in [2.45, 2.75) is 25.2 Å². The van der Waals surface area contributed by atoms with Gasteiger partial charge in [0, 0.05) is 17.6 Å². The zero-order valence-corrected chi connectivity index (χ0v) is 15.3. The van der Waals surface area contributed by atoms with Crippen molar-refractivity contribution in [3.63, 3.8) is 0 Å². The number of anilines is 1. The fourth-order valence-electron chi connectivity index (χ4n) is 2.15. The number of nitrogens with zero attached hydrogens (tertiary/aromatic N) is 2. The summed E-state index contributed by atoms with van der Waals surface area (Å²) >= 11 is 8.00. The van der Waals surface area contributed by atoms with Crippen LogP contribution in [0.15, 0.2) is 52.4 Å². The van der Waals surface area contributed by atoms with Crippen LogP contribution in [-0.2, 0) is 6.42 Å². The van der Waals surface area contributed by atoms with E-state index in [9.17, 15) is 0 Å². The van der Waals surface area contributed by atoms with Crippen molar-refractivity contribution >= 4 is 40.7 Å². The average Bonchev–Trinajstić information content (AvgIpc) is 2.57. The molecule has 2 N–H and O–H groups in total. The molecular formula is C18H22ClN3S. The highest BCUT2D eigenvalue weighted by molar-refractivity contribution is 7.99.